The first-order valence-corrected chi connectivity index (χ1v) is 7.26. The molecule has 0 spiro atoms. The third-order valence-corrected chi connectivity index (χ3v) is 4.11. The van der Waals surface area contributed by atoms with Crippen LogP contribution in [0.25, 0.3) is 22.8 Å². The van der Waals surface area contributed by atoms with E-state index < -0.39 is 0 Å². The summed E-state index contributed by atoms with van der Waals surface area (Å²) in [4.78, 5) is 4.83. The van der Waals surface area contributed by atoms with Crippen LogP contribution in [0.2, 0.25) is 0 Å². The standard InChI is InChI=1S/C15H14N4O5/c1-22-11-6-3-8(7-12(11)23-2)15-16-13-9(18(15)20)4-5-10-14(13)17-24-19(10)21/h3,6-7,20H,4-5H2,1-2H3. The molecule has 0 atom stereocenters. The van der Waals surface area contributed by atoms with Gasteiger partial charge in [-0.1, -0.05) is 0 Å². The van der Waals surface area contributed by atoms with Gasteiger partial charge in [-0.25, -0.2) is 4.98 Å². The van der Waals surface area contributed by atoms with Gasteiger partial charge in [0.1, 0.15) is 5.69 Å². The van der Waals surface area contributed by atoms with Crippen LogP contribution in [-0.4, -0.2) is 34.3 Å². The van der Waals surface area contributed by atoms with Crippen LogP contribution in [0.3, 0.4) is 0 Å². The Morgan fingerprint density at radius 2 is 2.00 bits per heavy atom. The highest BCUT2D eigenvalue weighted by molar-refractivity contribution is 5.69. The van der Waals surface area contributed by atoms with E-state index in [1.807, 2.05) is 0 Å². The minimum absolute atomic E-state index is 0.328. The second-order valence-electron chi connectivity index (χ2n) is 5.34. The van der Waals surface area contributed by atoms with Crippen molar-refractivity contribution in [1.82, 2.24) is 14.9 Å². The number of aromatic nitrogens is 4. The Hall–Kier alpha value is -3.23. The molecule has 124 valence electrons. The van der Waals surface area contributed by atoms with E-state index in [1.54, 1.807) is 25.3 Å². The lowest BCUT2D eigenvalue weighted by molar-refractivity contribution is -0.807. The first-order chi connectivity index (χ1) is 11.6. The van der Waals surface area contributed by atoms with E-state index in [9.17, 15) is 10.4 Å². The molecule has 0 bridgehead atoms. The van der Waals surface area contributed by atoms with E-state index in [-0.39, 0.29) is 0 Å². The van der Waals surface area contributed by atoms with Gasteiger partial charge in [-0.3, -0.25) is 4.63 Å². The molecule has 3 aromatic rings. The van der Waals surface area contributed by atoms with E-state index in [1.165, 1.54) is 7.11 Å². The van der Waals surface area contributed by atoms with Gasteiger partial charge < -0.3 is 19.9 Å². The fourth-order valence-electron chi connectivity index (χ4n) is 2.91. The van der Waals surface area contributed by atoms with Gasteiger partial charge in [0.2, 0.25) is 5.69 Å². The van der Waals surface area contributed by atoms with Crippen molar-refractivity contribution in [1.29, 1.82) is 0 Å². The van der Waals surface area contributed by atoms with Gasteiger partial charge in [0.25, 0.3) is 5.69 Å². The zero-order chi connectivity index (χ0) is 16.8. The van der Waals surface area contributed by atoms with Gasteiger partial charge in [0.15, 0.2) is 17.3 Å². The monoisotopic (exact) mass is 330 g/mol. The highest BCUT2D eigenvalue weighted by Crippen LogP contribution is 2.36. The number of fused-ring (bicyclic) bond motifs is 3. The summed E-state index contributed by atoms with van der Waals surface area (Å²) in [5.41, 5.74) is 2.45. The number of hydrogen-bond donors (Lipinski definition) is 1. The zero-order valence-electron chi connectivity index (χ0n) is 13.0. The lowest BCUT2D eigenvalue weighted by atomic mass is 10.0. The number of nitrogens with zero attached hydrogens (tertiary/aromatic N) is 4. The van der Waals surface area contributed by atoms with Crippen molar-refractivity contribution in [2.75, 3.05) is 14.2 Å². The molecule has 24 heavy (non-hydrogen) atoms. The van der Waals surface area contributed by atoms with E-state index in [0.717, 1.165) is 4.73 Å². The van der Waals surface area contributed by atoms with Crippen LogP contribution >= 0.6 is 0 Å². The lowest BCUT2D eigenvalue weighted by Gasteiger charge is -2.10. The molecule has 1 aliphatic rings. The largest absolute Gasteiger partial charge is 0.493 e. The predicted molar refractivity (Wildman–Crippen MR) is 79.8 cm³/mol. The maximum atomic E-state index is 11.5. The van der Waals surface area contributed by atoms with Gasteiger partial charge in [-0.15, -0.1) is 0 Å². The minimum Gasteiger partial charge on any atom is -0.493 e. The lowest BCUT2D eigenvalue weighted by Crippen LogP contribution is -2.29. The van der Waals surface area contributed by atoms with E-state index in [4.69, 9.17) is 9.47 Å². The van der Waals surface area contributed by atoms with Crippen LogP contribution in [0.15, 0.2) is 22.8 Å². The summed E-state index contributed by atoms with van der Waals surface area (Å²) in [7, 11) is 3.08. The normalized spacial score (nSPS) is 12.6. The SMILES string of the molecule is COc1ccc(-c2nc3c(n2O)CCc2c-3no[n+]2[O-])cc1OC. The van der Waals surface area contributed by atoms with Crippen molar-refractivity contribution in [3.8, 4) is 34.3 Å². The van der Waals surface area contributed by atoms with Crippen molar-refractivity contribution in [2.24, 2.45) is 0 Å². The second kappa shape index (κ2) is 5.15. The Labute approximate surface area is 136 Å². The highest BCUT2D eigenvalue weighted by Gasteiger charge is 2.34. The molecule has 1 aromatic carbocycles. The van der Waals surface area contributed by atoms with E-state index >= 15 is 0 Å². The van der Waals surface area contributed by atoms with Crippen LogP contribution in [0.5, 0.6) is 11.5 Å². The molecule has 2 aromatic heterocycles. The third kappa shape index (κ3) is 1.91. The van der Waals surface area contributed by atoms with Gasteiger partial charge in [-0.2, -0.15) is 4.73 Å². The number of benzene rings is 1. The van der Waals surface area contributed by atoms with Crippen molar-refractivity contribution in [3.63, 3.8) is 0 Å². The summed E-state index contributed by atoms with van der Waals surface area (Å²) in [5.74, 6) is 1.43. The van der Waals surface area contributed by atoms with Crippen LogP contribution in [-0.2, 0) is 12.8 Å². The fourth-order valence-corrected chi connectivity index (χ4v) is 2.91. The fraction of sp³-hybridized carbons (Fsp3) is 0.267. The summed E-state index contributed by atoms with van der Waals surface area (Å²) in [6.07, 6.45) is 0.884. The van der Waals surface area contributed by atoms with E-state index in [2.05, 4.69) is 14.8 Å². The molecule has 0 unspecified atom stereocenters. The summed E-state index contributed by atoms with van der Waals surface area (Å²) in [6, 6.07) is 5.21. The van der Waals surface area contributed by atoms with Crippen molar-refractivity contribution in [3.05, 3.63) is 34.8 Å². The molecule has 0 radical (unpaired) electrons. The quantitative estimate of drug-likeness (QED) is 0.567. The van der Waals surface area contributed by atoms with Crippen LogP contribution < -0.4 is 14.4 Å². The third-order valence-electron chi connectivity index (χ3n) is 4.11. The molecule has 9 heteroatoms. The Kier molecular flexibility index (Phi) is 3.08. The van der Waals surface area contributed by atoms with E-state index in [0.29, 0.717) is 63.4 Å². The Morgan fingerprint density at radius 1 is 1.21 bits per heavy atom. The maximum Gasteiger partial charge on any atom is 0.271 e. The molecule has 9 nitrogen and oxygen atoms in total. The minimum atomic E-state index is 0.328. The Morgan fingerprint density at radius 3 is 2.75 bits per heavy atom. The number of rotatable bonds is 3. The Balaban J connectivity index is 1.86. The number of ether oxygens (including phenoxy) is 2. The molecule has 1 aliphatic carbocycles. The molecule has 0 saturated heterocycles. The number of hydrogen-bond acceptors (Lipinski definition) is 7. The molecular weight excluding hydrogens is 316 g/mol. The van der Waals surface area contributed by atoms with Crippen LogP contribution in [0, 0.1) is 5.21 Å². The molecule has 0 fully saturated rings. The highest BCUT2D eigenvalue weighted by atomic mass is 16.8. The van der Waals surface area contributed by atoms with Crippen molar-refractivity contribution >= 4 is 0 Å². The summed E-state index contributed by atoms with van der Waals surface area (Å²) in [5, 5.41) is 25.8. The molecule has 4 rings (SSSR count). The molecule has 0 amide bonds. The average molecular weight is 330 g/mol. The summed E-state index contributed by atoms with van der Waals surface area (Å²) >= 11 is 0. The smallest absolute Gasteiger partial charge is 0.271 e. The average Bonchev–Trinajstić information content (AvgIpc) is 3.15. The molecule has 0 saturated carbocycles. The van der Waals surface area contributed by atoms with Crippen molar-refractivity contribution < 1.29 is 24.2 Å². The molecule has 2 heterocycles. The molecule has 1 N–H and O–H groups in total. The second-order valence-corrected chi connectivity index (χ2v) is 5.34. The number of imidazole rings is 1. The first-order valence-electron chi connectivity index (χ1n) is 7.26. The molecular formula is C15H14N4O5. The molecule has 0 aliphatic heterocycles. The van der Waals surface area contributed by atoms with Gasteiger partial charge in [0, 0.05) is 23.6 Å². The van der Waals surface area contributed by atoms with Crippen LogP contribution in [0.1, 0.15) is 11.4 Å². The van der Waals surface area contributed by atoms with Crippen LogP contribution in [0.4, 0.5) is 0 Å². The van der Waals surface area contributed by atoms with Gasteiger partial charge in [0.05, 0.1) is 19.9 Å². The first kappa shape index (κ1) is 14.4. The summed E-state index contributed by atoms with van der Waals surface area (Å²) < 4.78 is 16.2. The van der Waals surface area contributed by atoms with Gasteiger partial charge in [-0.05, 0) is 23.1 Å². The predicted octanol–water partition coefficient (Wildman–Crippen LogP) is 1.19. The Bertz CT molecular complexity index is 930. The topological polar surface area (TPSA) is 109 Å². The van der Waals surface area contributed by atoms with Crippen molar-refractivity contribution in [2.45, 2.75) is 12.8 Å². The maximum absolute atomic E-state index is 11.5. The zero-order valence-corrected chi connectivity index (χ0v) is 13.0. The van der Waals surface area contributed by atoms with Gasteiger partial charge >= 0.3 is 0 Å². The number of methoxy groups -OCH3 is 2. The summed E-state index contributed by atoms with van der Waals surface area (Å²) in [6.45, 7) is 0.